The molecule has 0 aliphatic carbocycles. The maximum atomic E-state index is 13.6. The van der Waals surface area contributed by atoms with E-state index in [-0.39, 0.29) is 22.6 Å². The van der Waals surface area contributed by atoms with E-state index in [1.165, 1.54) is 43.7 Å². The first-order valence-corrected chi connectivity index (χ1v) is 14.2. The third-order valence-electron chi connectivity index (χ3n) is 7.26. The van der Waals surface area contributed by atoms with Crippen LogP contribution in [-0.4, -0.2) is 32.2 Å². The number of primary amides is 1. The summed E-state index contributed by atoms with van der Waals surface area (Å²) in [7, 11) is 0. The lowest BCUT2D eigenvalue weighted by Crippen LogP contribution is -2.41. The number of hydrazine groups is 1. The van der Waals surface area contributed by atoms with E-state index >= 15 is 0 Å². The fourth-order valence-electron chi connectivity index (χ4n) is 5.08. The fourth-order valence-corrected chi connectivity index (χ4v) is 5.08. The Labute approximate surface area is 263 Å². The van der Waals surface area contributed by atoms with Crippen LogP contribution in [0.5, 0.6) is 5.88 Å². The normalized spacial score (nSPS) is 13.6. The second kappa shape index (κ2) is 12.5. The van der Waals surface area contributed by atoms with E-state index in [1.54, 1.807) is 115 Å². The van der Waals surface area contributed by atoms with Gasteiger partial charge in [-0.05, 0) is 72.8 Å². The summed E-state index contributed by atoms with van der Waals surface area (Å²) in [5, 5.41) is 13.8. The second-order valence-electron chi connectivity index (χ2n) is 10.1. The molecular weight excluding hydrogens is 582 g/mol. The number of carbonyl (C=O) groups excluding carboxylic acids is 3. The van der Waals surface area contributed by atoms with Crippen molar-refractivity contribution in [3.63, 3.8) is 0 Å². The van der Waals surface area contributed by atoms with Gasteiger partial charge < -0.3 is 10.8 Å². The molecule has 1 aliphatic rings. The number of nitrogens with two attached hydrogens (primary N) is 1. The van der Waals surface area contributed by atoms with Crippen LogP contribution in [0.15, 0.2) is 155 Å². The summed E-state index contributed by atoms with van der Waals surface area (Å²) in [6.07, 6.45) is 5.00. The Morgan fingerprint density at radius 3 is 1.46 bits per heavy atom. The van der Waals surface area contributed by atoms with Gasteiger partial charge in [0.1, 0.15) is 11.1 Å². The number of hydrogen-bond donors (Lipinski definition) is 2. The molecule has 0 spiro atoms. The summed E-state index contributed by atoms with van der Waals surface area (Å²) < 4.78 is 2.67. The Morgan fingerprint density at radius 2 is 1.02 bits per heavy atom. The lowest BCUT2D eigenvalue weighted by Gasteiger charge is -2.27. The first kappa shape index (κ1) is 29.4. The molecule has 10 nitrogen and oxygen atoms in total. The van der Waals surface area contributed by atoms with Gasteiger partial charge in [0.05, 0.1) is 22.7 Å². The average molecular weight is 610 g/mol. The van der Waals surface area contributed by atoms with E-state index in [4.69, 9.17) is 5.73 Å². The number of amides is 3. The minimum absolute atomic E-state index is 0.106. The molecule has 2 heterocycles. The highest BCUT2D eigenvalue weighted by Gasteiger charge is 2.42. The Balaban J connectivity index is 1.41. The zero-order chi connectivity index (χ0) is 32.2. The van der Waals surface area contributed by atoms with Crippen LogP contribution in [0.4, 0.5) is 11.4 Å². The number of nitrogens with zero attached hydrogens (tertiary/aromatic N) is 4. The van der Waals surface area contributed by atoms with E-state index in [1.807, 2.05) is 6.07 Å². The van der Waals surface area contributed by atoms with Gasteiger partial charge in [0, 0.05) is 5.57 Å². The van der Waals surface area contributed by atoms with Crippen molar-refractivity contribution in [3.8, 4) is 17.3 Å². The van der Waals surface area contributed by atoms with E-state index in [0.717, 1.165) is 0 Å². The predicted molar refractivity (Wildman–Crippen MR) is 175 cm³/mol. The molecule has 5 aromatic rings. The molecule has 6 rings (SSSR count). The van der Waals surface area contributed by atoms with Gasteiger partial charge in [-0.2, -0.15) is 0 Å². The van der Waals surface area contributed by atoms with Crippen molar-refractivity contribution >= 4 is 35.2 Å². The molecular formula is C36H27N5O5. The molecule has 4 aromatic carbocycles. The molecule has 0 atom stereocenters. The predicted octanol–water partition coefficient (Wildman–Crippen LogP) is 4.68. The third kappa shape index (κ3) is 5.42. The average Bonchev–Trinajstić information content (AvgIpc) is 3.49. The minimum atomic E-state index is -0.879. The largest absolute Gasteiger partial charge is 0.493 e. The molecule has 46 heavy (non-hydrogen) atoms. The highest BCUT2D eigenvalue weighted by atomic mass is 16.3. The fraction of sp³-hybridized carbons (Fsp3) is 0. The van der Waals surface area contributed by atoms with Gasteiger partial charge >= 0.3 is 0 Å². The van der Waals surface area contributed by atoms with E-state index < -0.39 is 23.3 Å². The minimum Gasteiger partial charge on any atom is -0.493 e. The summed E-state index contributed by atoms with van der Waals surface area (Å²) in [6, 6.07) is 35.0. The summed E-state index contributed by atoms with van der Waals surface area (Å²) in [5.74, 6) is -2.45. The standard InChI is InChI=1S/C36H27N5O5/c37-32(42)25(21-23-30-33(43)38(26-13-5-1-6-14-26)39(34(30)44)27-15-7-2-8-16-27)22-24-31-35(45)40(28-17-9-3-10-18-28)41(36(31)46)29-19-11-4-12-20-29/h1-24,43H,(H2,37,42)/b23-21+,25-22-. The Morgan fingerprint density at radius 1 is 0.609 bits per heavy atom. The highest BCUT2D eigenvalue weighted by molar-refractivity contribution is 6.36. The Bertz CT molecular complexity index is 2020. The van der Waals surface area contributed by atoms with Crippen molar-refractivity contribution < 1.29 is 19.5 Å². The molecule has 1 aliphatic heterocycles. The molecule has 1 saturated heterocycles. The van der Waals surface area contributed by atoms with Gasteiger partial charge in [-0.1, -0.05) is 72.8 Å². The highest BCUT2D eigenvalue weighted by Crippen LogP contribution is 2.31. The summed E-state index contributed by atoms with van der Waals surface area (Å²) in [4.78, 5) is 53.3. The maximum Gasteiger partial charge on any atom is 0.283 e. The van der Waals surface area contributed by atoms with Gasteiger partial charge in [-0.15, -0.1) is 0 Å². The number of aromatic hydroxyl groups is 1. The summed E-state index contributed by atoms with van der Waals surface area (Å²) in [5.41, 5.74) is 6.66. The quantitative estimate of drug-likeness (QED) is 0.150. The van der Waals surface area contributed by atoms with Crippen LogP contribution in [0.3, 0.4) is 0 Å². The zero-order valence-electron chi connectivity index (χ0n) is 24.3. The van der Waals surface area contributed by atoms with Crippen molar-refractivity contribution in [1.82, 2.24) is 9.36 Å². The molecule has 226 valence electrons. The van der Waals surface area contributed by atoms with Gasteiger partial charge in [-0.3, -0.25) is 19.2 Å². The molecule has 1 fully saturated rings. The number of para-hydroxylation sites is 4. The van der Waals surface area contributed by atoms with Crippen LogP contribution in [0.25, 0.3) is 17.5 Å². The lowest BCUT2D eigenvalue weighted by atomic mass is 10.1. The number of aromatic nitrogens is 2. The van der Waals surface area contributed by atoms with E-state index in [0.29, 0.717) is 22.7 Å². The van der Waals surface area contributed by atoms with Crippen molar-refractivity contribution in [2.24, 2.45) is 5.73 Å². The van der Waals surface area contributed by atoms with E-state index in [9.17, 15) is 24.3 Å². The van der Waals surface area contributed by atoms with Crippen molar-refractivity contribution in [1.29, 1.82) is 0 Å². The van der Waals surface area contributed by atoms with Gasteiger partial charge in [0.15, 0.2) is 0 Å². The Hall–Kier alpha value is -6.68. The van der Waals surface area contributed by atoms with Crippen LogP contribution in [0, 0.1) is 0 Å². The molecule has 0 bridgehead atoms. The van der Waals surface area contributed by atoms with Crippen molar-refractivity contribution in [3.05, 3.63) is 167 Å². The number of carbonyl (C=O) groups is 3. The lowest BCUT2D eigenvalue weighted by molar-refractivity contribution is -0.117. The third-order valence-corrected chi connectivity index (χ3v) is 7.26. The van der Waals surface area contributed by atoms with Gasteiger partial charge in [0.2, 0.25) is 11.8 Å². The monoisotopic (exact) mass is 609 g/mol. The van der Waals surface area contributed by atoms with Crippen LogP contribution < -0.4 is 21.3 Å². The number of benzene rings is 4. The smallest absolute Gasteiger partial charge is 0.283 e. The second-order valence-corrected chi connectivity index (χ2v) is 10.1. The van der Waals surface area contributed by atoms with Crippen molar-refractivity contribution in [2.75, 3.05) is 10.0 Å². The molecule has 1 aromatic heterocycles. The van der Waals surface area contributed by atoms with Crippen molar-refractivity contribution in [2.45, 2.75) is 0 Å². The number of anilines is 2. The number of hydrogen-bond acceptors (Lipinski definition) is 5. The van der Waals surface area contributed by atoms with Crippen LogP contribution in [0.2, 0.25) is 0 Å². The van der Waals surface area contributed by atoms with E-state index in [2.05, 4.69) is 0 Å². The molecule has 0 unspecified atom stereocenters. The first-order valence-electron chi connectivity index (χ1n) is 14.2. The van der Waals surface area contributed by atoms with Gasteiger partial charge in [-0.25, -0.2) is 19.4 Å². The van der Waals surface area contributed by atoms with Crippen LogP contribution in [0.1, 0.15) is 5.56 Å². The van der Waals surface area contributed by atoms with Crippen LogP contribution in [-0.2, 0) is 14.4 Å². The topological polar surface area (TPSA) is 131 Å². The summed E-state index contributed by atoms with van der Waals surface area (Å²) >= 11 is 0. The molecule has 10 heteroatoms. The molecule has 3 amide bonds. The molecule has 3 N–H and O–H groups in total. The molecule has 0 saturated carbocycles. The van der Waals surface area contributed by atoms with Gasteiger partial charge in [0.25, 0.3) is 17.4 Å². The SMILES string of the molecule is NC(=O)C(=C\C=C1C(=O)N(c2ccccc2)N(c2ccccc2)C1=O)/C=C/c1c(O)n(-c2ccccc2)n(-c2ccccc2)c1=O. The zero-order valence-corrected chi connectivity index (χ0v) is 24.3. The Kier molecular flexibility index (Phi) is 7.99. The van der Waals surface area contributed by atoms with Crippen LogP contribution >= 0.6 is 0 Å². The number of allylic oxidation sites excluding steroid dienone is 2. The summed E-state index contributed by atoms with van der Waals surface area (Å²) in [6.45, 7) is 0. The number of rotatable bonds is 8. The first-order chi connectivity index (χ1) is 22.4. The maximum absolute atomic E-state index is 13.6. The molecule has 0 radical (unpaired) electrons.